The molecule has 0 saturated heterocycles. The lowest BCUT2D eigenvalue weighted by Crippen LogP contribution is -2.23. The second kappa shape index (κ2) is 5.31. The molecule has 0 amide bonds. The molecule has 0 aliphatic carbocycles. The van der Waals surface area contributed by atoms with Crippen molar-refractivity contribution in [2.45, 2.75) is 25.4 Å². The second-order valence-electron chi connectivity index (χ2n) is 3.98. The van der Waals surface area contributed by atoms with Gasteiger partial charge in [-0.2, -0.15) is 0 Å². The largest absolute Gasteiger partial charge is 0.477 e. The Kier molecular flexibility index (Phi) is 3.88. The van der Waals surface area contributed by atoms with Gasteiger partial charge in [-0.15, -0.1) is 11.3 Å². The van der Waals surface area contributed by atoms with E-state index in [-0.39, 0.29) is 16.4 Å². The molecule has 8 nitrogen and oxygen atoms in total. The number of imidazole rings is 1. The Balaban J connectivity index is 2.12. The number of carboxylic acid groups (broad SMARTS) is 1. The number of thiazole rings is 1. The molecular formula is C10H12N4O4S2. The van der Waals surface area contributed by atoms with Crippen LogP contribution in [-0.4, -0.2) is 34.4 Å². The van der Waals surface area contributed by atoms with Crippen LogP contribution in [0.2, 0.25) is 0 Å². The van der Waals surface area contributed by atoms with Crippen molar-refractivity contribution < 1.29 is 18.3 Å². The molecule has 0 unspecified atom stereocenters. The third-order valence-corrected chi connectivity index (χ3v) is 4.87. The van der Waals surface area contributed by atoms with Crippen LogP contribution in [0.15, 0.2) is 11.2 Å². The number of rotatable bonds is 5. The predicted molar refractivity (Wildman–Crippen MR) is 71.2 cm³/mol. The number of aromatic carboxylic acids is 1. The molecule has 2 rings (SSSR count). The highest BCUT2D eigenvalue weighted by molar-refractivity contribution is 7.89. The van der Waals surface area contributed by atoms with Gasteiger partial charge in [-0.1, -0.05) is 0 Å². The van der Waals surface area contributed by atoms with Crippen molar-refractivity contribution in [2.75, 3.05) is 0 Å². The zero-order chi connectivity index (χ0) is 14.9. The first kappa shape index (κ1) is 14.6. The number of H-pyrrole nitrogens is 1. The Morgan fingerprint density at radius 2 is 2.20 bits per heavy atom. The van der Waals surface area contributed by atoms with Crippen molar-refractivity contribution in [1.29, 1.82) is 0 Å². The molecule has 0 bridgehead atoms. The summed E-state index contributed by atoms with van der Waals surface area (Å²) in [5, 5.41) is 9.25. The van der Waals surface area contributed by atoms with Crippen LogP contribution in [0, 0.1) is 13.8 Å². The minimum absolute atomic E-state index is 0.0401. The molecule has 20 heavy (non-hydrogen) atoms. The fourth-order valence-electron chi connectivity index (χ4n) is 1.50. The van der Waals surface area contributed by atoms with Crippen molar-refractivity contribution in [3.63, 3.8) is 0 Å². The maximum Gasteiger partial charge on any atom is 0.347 e. The maximum absolute atomic E-state index is 11.9. The Morgan fingerprint density at radius 3 is 2.70 bits per heavy atom. The standard InChI is InChI=1S/C10H12N4O4S2/c1-5-9(10(15)16)19-7(13-5)3-12-20(17,18)8-4-11-6(2)14-8/h4,12H,3H2,1-2H3,(H,11,14)(H,15,16). The van der Waals surface area contributed by atoms with Crippen LogP contribution >= 0.6 is 11.3 Å². The summed E-state index contributed by atoms with van der Waals surface area (Å²) in [6.45, 7) is 3.14. The molecule has 0 saturated carbocycles. The number of sulfonamides is 1. The van der Waals surface area contributed by atoms with E-state index < -0.39 is 16.0 Å². The van der Waals surface area contributed by atoms with Gasteiger partial charge in [-0.25, -0.2) is 27.9 Å². The van der Waals surface area contributed by atoms with E-state index in [4.69, 9.17) is 5.11 Å². The fourth-order valence-corrected chi connectivity index (χ4v) is 3.39. The number of carboxylic acids is 1. The highest BCUT2D eigenvalue weighted by atomic mass is 32.2. The zero-order valence-electron chi connectivity index (χ0n) is 10.7. The summed E-state index contributed by atoms with van der Waals surface area (Å²) in [5.74, 6) is -0.582. The van der Waals surface area contributed by atoms with Crippen molar-refractivity contribution in [2.24, 2.45) is 0 Å². The summed E-state index contributed by atoms with van der Waals surface area (Å²) in [5.41, 5.74) is 0.370. The van der Waals surface area contributed by atoms with E-state index in [1.807, 2.05) is 0 Å². The van der Waals surface area contributed by atoms with Crippen LogP contribution in [0.5, 0.6) is 0 Å². The van der Waals surface area contributed by atoms with Gasteiger partial charge in [0, 0.05) is 0 Å². The average Bonchev–Trinajstić information content (AvgIpc) is 2.93. The van der Waals surface area contributed by atoms with Gasteiger partial charge in [0.05, 0.1) is 18.4 Å². The zero-order valence-corrected chi connectivity index (χ0v) is 12.3. The Morgan fingerprint density at radius 1 is 1.50 bits per heavy atom. The highest BCUT2D eigenvalue weighted by Gasteiger charge is 2.19. The van der Waals surface area contributed by atoms with E-state index >= 15 is 0 Å². The van der Waals surface area contributed by atoms with Crippen molar-refractivity contribution in [1.82, 2.24) is 19.7 Å². The van der Waals surface area contributed by atoms with Gasteiger partial charge < -0.3 is 10.1 Å². The number of aromatic amines is 1. The van der Waals surface area contributed by atoms with E-state index in [1.165, 1.54) is 6.20 Å². The third-order valence-electron chi connectivity index (χ3n) is 2.42. The second-order valence-corrected chi connectivity index (χ2v) is 6.80. The molecule has 3 N–H and O–H groups in total. The lowest BCUT2D eigenvalue weighted by atomic mass is 10.4. The SMILES string of the molecule is Cc1ncc(S(=O)(=O)NCc2nc(C)c(C(=O)O)s2)[nH]1. The van der Waals surface area contributed by atoms with Gasteiger partial charge in [0.1, 0.15) is 15.7 Å². The molecule has 108 valence electrons. The number of aryl methyl sites for hydroxylation is 2. The molecule has 0 aliphatic rings. The summed E-state index contributed by atoms with van der Waals surface area (Å²) in [4.78, 5) is 21.4. The van der Waals surface area contributed by atoms with Crippen LogP contribution in [0.3, 0.4) is 0 Å². The number of nitrogens with one attached hydrogen (secondary N) is 2. The first-order chi connectivity index (χ1) is 9.29. The molecular weight excluding hydrogens is 304 g/mol. The Hall–Kier alpha value is -1.78. The smallest absolute Gasteiger partial charge is 0.347 e. The fraction of sp³-hybridized carbons (Fsp3) is 0.300. The average molecular weight is 316 g/mol. The summed E-state index contributed by atoms with van der Waals surface area (Å²) < 4.78 is 26.2. The van der Waals surface area contributed by atoms with Gasteiger partial charge in [0.25, 0.3) is 10.0 Å². The molecule has 0 atom stereocenters. The normalized spacial score (nSPS) is 11.7. The van der Waals surface area contributed by atoms with Gasteiger partial charge in [0.15, 0.2) is 5.03 Å². The summed E-state index contributed by atoms with van der Waals surface area (Å²) >= 11 is 0.945. The minimum atomic E-state index is -3.71. The van der Waals surface area contributed by atoms with E-state index in [0.717, 1.165) is 11.3 Å². The molecule has 2 aromatic rings. The molecule has 0 aromatic carbocycles. The summed E-state index contributed by atoms with van der Waals surface area (Å²) in [6.07, 6.45) is 1.22. The molecule has 0 radical (unpaired) electrons. The number of nitrogens with zero attached hydrogens (tertiary/aromatic N) is 2. The predicted octanol–water partition coefficient (Wildman–Crippen LogP) is 0.660. The number of carbonyl (C=O) groups is 1. The summed E-state index contributed by atoms with van der Waals surface area (Å²) in [7, 11) is -3.71. The number of aromatic nitrogens is 3. The first-order valence-corrected chi connectivity index (χ1v) is 7.80. The highest BCUT2D eigenvalue weighted by Crippen LogP contribution is 2.18. The van der Waals surface area contributed by atoms with Gasteiger partial charge >= 0.3 is 5.97 Å². The molecule has 0 spiro atoms. The van der Waals surface area contributed by atoms with Crippen molar-refractivity contribution >= 4 is 27.3 Å². The maximum atomic E-state index is 11.9. The molecule has 0 aliphatic heterocycles. The van der Waals surface area contributed by atoms with E-state index in [1.54, 1.807) is 13.8 Å². The lowest BCUT2D eigenvalue weighted by Gasteiger charge is -2.01. The van der Waals surface area contributed by atoms with Crippen molar-refractivity contribution in [3.05, 3.63) is 27.6 Å². The van der Waals surface area contributed by atoms with E-state index in [9.17, 15) is 13.2 Å². The topological polar surface area (TPSA) is 125 Å². The van der Waals surface area contributed by atoms with Crippen LogP contribution in [0.25, 0.3) is 0 Å². The quantitative estimate of drug-likeness (QED) is 0.744. The van der Waals surface area contributed by atoms with E-state index in [0.29, 0.717) is 16.5 Å². The molecule has 0 fully saturated rings. The van der Waals surface area contributed by atoms with Crippen molar-refractivity contribution in [3.8, 4) is 0 Å². The van der Waals surface area contributed by atoms with Crippen LogP contribution in [-0.2, 0) is 16.6 Å². The van der Waals surface area contributed by atoms with E-state index in [2.05, 4.69) is 19.7 Å². The van der Waals surface area contributed by atoms with Crippen LogP contribution in [0.1, 0.15) is 26.2 Å². The molecule has 2 aromatic heterocycles. The van der Waals surface area contributed by atoms with Crippen LogP contribution in [0.4, 0.5) is 0 Å². The lowest BCUT2D eigenvalue weighted by molar-refractivity contribution is 0.0701. The van der Waals surface area contributed by atoms with Crippen LogP contribution < -0.4 is 4.72 Å². The summed E-state index contributed by atoms with van der Waals surface area (Å²) in [6, 6.07) is 0. The minimum Gasteiger partial charge on any atom is -0.477 e. The number of hydrogen-bond donors (Lipinski definition) is 3. The Labute approximate surface area is 119 Å². The number of hydrogen-bond acceptors (Lipinski definition) is 6. The Bertz CT molecular complexity index is 747. The first-order valence-electron chi connectivity index (χ1n) is 5.50. The monoisotopic (exact) mass is 316 g/mol. The molecule has 10 heteroatoms. The van der Waals surface area contributed by atoms with Gasteiger partial charge in [0.2, 0.25) is 0 Å². The van der Waals surface area contributed by atoms with Gasteiger partial charge in [-0.3, -0.25) is 0 Å². The molecule has 2 heterocycles. The third kappa shape index (κ3) is 3.03. The van der Waals surface area contributed by atoms with Gasteiger partial charge in [-0.05, 0) is 13.8 Å².